The number of aromatic nitrogens is 1. The van der Waals surface area contributed by atoms with Gasteiger partial charge < -0.3 is 10.6 Å². The average Bonchev–Trinajstić information content (AvgIpc) is 2.27. The van der Waals surface area contributed by atoms with Crippen LogP contribution in [0.15, 0.2) is 18.3 Å². The Kier molecular flexibility index (Phi) is 4.43. The quantitative estimate of drug-likeness (QED) is 0.809. The lowest BCUT2D eigenvalue weighted by atomic mass is 9.99. The molecule has 1 aromatic heterocycles. The molecule has 0 radical (unpaired) electrons. The third-order valence-electron chi connectivity index (χ3n) is 2.53. The predicted octanol–water partition coefficient (Wildman–Crippen LogP) is 0.596. The van der Waals surface area contributed by atoms with E-state index in [4.69, 9.17) is 5.73 Å². The van der Waals surface area contributed by atoms with Gasteiger partial charge >= 0.3 is 0 Å². The zero-order chi connectivity index (χ0) is 12.1. The smallest absolute Gasteiger partial charge is 0.226 e. The number of rotatable bonds is 4. The fraction of sp³-hybridized carbons (Fsp3) is 0.500. The minimum atomic E-state index is -0.153. The summed E-state index contributed by atoms with van der Waals surface area (Å²) >= 11 is 0. The Balaban J connectivity index is 2.70. The van der Waals surface area contributed by atoms with Crippen LogP contribution in [0.2, 0.25) is 0 Å². The number of aryl methyl sites for hydroxylation is 1. The second kappa shape index (κ2) is 5.61. The van der Waals surface area contributed by atoms with Crippen molar-refractivity contribution in [3.8, 4) is 0 Å². The largest absolute Gasteiger partial charge is 0.349 e. The molecule has 2 N–H and O–H groups in total. The van der Waals surface area contributed by atoms with Crippen molar-refractivity contribution in [3.63, 3.8) is 0 Å². The Hall–Kier alpha value is -1.42. The molecule has 0 bridgehead atoms. The van der Waals surface area contributed by atoms with Gasteiger partial charge in [0, 0.05) is 32.5 Å². The van der Waals surface area contributed by atoms with E-state index in [1.807, 2.05) is 19.1 Å². The molecule has 0 aliphatic carbocycles. The monoisotopic (exact) mass is 221 g/mol. The highest BCUT2D eigenvalue weighted by Crippen LogP contribution is 2.09. The van der Waals surface area contributed by atoms with Gasteiger partial charge in [-0.15, -0.1) is 0 Å². The van der Waals surface area contributed by atoms with Gasteiger partial charge in [-0.3, -0.25) is 9.78 Å². The number of hydrogen-bond donors (Lipinski definition) is 1. The molecule has 1 atom stereocenters. The fourth-order valence-electron chi connectivity index (χ4n) is 1.54. The van der Waals surface area contributed by atoms with Gasteiger partial charge in [-0.2, -0.15) is 0 Å². The minimum absolute atomic E-state index is 0.0723. The zero-order valence-corrected chi connectivity index (χ0v) is 10.1. The highest BCUT2D eigenvalue weighted by atomic mass is 16.2. The van der Waals surface area contributed by atoms with Gasteiger partial charge in [0.1, 0.15) is 0 Å². The van der Waals surface area contributed by atoms with Crippen LogP contribution in [-0.2, 0) is 11.2 Å². The first-order chi connectivity index (χ1) is 7.54. The molecule has 4 nitrogen and oxygen atoms in total. The van der Waals surface area contributed by atoms with E-state index in [0.717, 1.165) is 11.3 Å². The summed E-state index contributed by atoms with van der Waals surface area (Å²) in [4.78, 5) is 17.6. The maximum absolute atomic E-state index is 11.8. The number of nitrogens with two attached hydrogens (primary N) is 1. The van der Waals surface area contributed by atoms with Crippen LogP contribution in [-0.4, -0.2) is 36.4 Å². The normalized spacial score (nSPS) is 12.2. The molecule has 0 aliphatic rings. The number of pyridine rings is 1. The highest BCUT2D eigenvalue weighted by molar-refractivity contribution is 5.78. The van der Waals surface area contributed by atoms with E-state index in [2.05, 4.69) is 4.98 Å². The summed E-state index contributed by atoms with van der Waals surface area (Å²) in [5, 5.41) is 0. The second-order valence-corrected chi connectivity index (χ2v) is 4.18. The van der Waals surface area contributed by atoms with Crippen LogP contribution in [0.3, 0.4) is 0 Å². The van der Waals surface area contributed by atoms with Crippen molar-refractivity contribution in [2.45, 2.75) is 13.3 Å². The van der Waals surface area contributed by atoms with Crippen molar-refractivity contribution in [1.82, 2.24) is 9.88 Å². The Bertz CT molecular complexity index is 346. The molecule has 16 heavy (non-hydrogen) atoms. The molecule has 0 spiro atoms. The van der Waals surface area contributed by atoms with Crippen LogP contribution in [0, 0.1) is 12.8 Å². The van der Waals surface area contributed by atoms with Gasteiger partial charge in [0.05, 0.1) is 5.92 Å². The summed E-state index contributed by atoms with van der Waals surface area (Å²) in [6.45, 7) is 2.31. The van der Waals surface area contributed by atoms with E-state index in [0.29, 0.717) is 13.0 Å². The number of carbonyl (C=O) groups excluding carboxylic acids is 1. The van der Waals surface area contributed by atoms with Crippen molar-refractivity contribution >= 4 is 5.91 Å². The Morgan fingerprint density at radius 1 is 1.50 bits per heavy atom. The highest BCUT2D eigenvalue weighted by Gasteiger charge is 2.18. The third-order valence-corrected chi connectivity index (χ3v) is 2.53. The van der Waals surface area contributed by atoms with Crippen molar-refractivity contribution < 1.29 is 4.79 Å². The van der Waals surface area contributed by atoms with E-state index in [1.165, 1.54) is 0 Å². The molecule has 1 amide bonds. The molecule has 4 heteroatoms. The van der Waals surface area contributed by atoms with E-state index >= 15 is 0 Å². The zero-order valence-electron chi connectivity index (χ0n) is 10.1. The molecule has 0 aliphatic heterocycles. The van der Waals surface area contributed by atoms with E-state index < -0.39 is 0 Å². The molecule has 0 aromatic carbocycles. The Morgan fingerprint density at radius 3 is 2.62 bits per heavy atom. The Labute approximate surface area is 96.5 Å². The minimum Gasteiger partial charge on any atom is -0.349 e. The summed E-state index contributed by atoms with van der Waals surface area (Å²) in [5.41, 5.74) is 7.65. The van der Waals surface area contributed by atoms with E-state index in [-0.39, 0.29) is 11.8 Å². The molecule has 0 saturated carbocycles. The number of carbonyl (C=O) groups is 1. The summed E-state index contributed by atoms with van der Waals surface area (Å²) in [5.74, 6) is -0.0809. The van der Waals surface area contributed by atoms with Crippen LogP contribution in [0.5, 0.6) is 0 Å². The van der Waals surface area contributed by atoms with Gasteiger partial charge in [-0.05, 0) is 25.0 Å². The molecule has 88 valence electrons. The van der Waals surface area contributed by atoms with Crippen LogP contribution in [0.25, 0.3) is 0 Å². The van der Waals surface area contributed by atoms with E-state index in [1.54, 1.807) is 25.2 Å². The Morgan fingerprint density at radius 2 is 2.19 bits per heavy atom. The van der Waals surface area contributed by atoms with Crippen LogP contribution >= 0.6 is 0 Å². The maximum atomic E-state index is 11.8. The number of amides is 1. The van der Waals surface area contributed by atoms with Gasteiger partial charge in [-0.1, -0.05) is 6.07 Å². The maximum Gasteiger partial charge on any atom is 0.226 e. The lowest BCUT2D eigenvalue weighted by molar-refractivity contribution is -0.132. The van der Waals surface area contributed by atoms with Crippen LogP contribution in [0.4, 0.5) is 0 Å². The van der Waals surface area contributed by atoms with Gasteiger partial charge in [0.2, 0.25) is 5.91 Å². The van der Waals surface area contributed by atoms with E-state index in [9.17, 15) is 4.79 Å². The molecule has 1 unspecified atom stereocenters. The first-order valence-electron chi connectivity index (χ1n) is 5.37. The van der Waals surface area contributed by atoms with Crippen LogP contribution < -0.4 is 5.73 Å². The molecule has 1 rings (SSSR count). The molecular weight excluding hydrogens is 202 g/mol. The summed E-state index contributed by atoms with van der Waals surface area (Å²) in [6, 6.07) is 3.94. The first-order valence-corrected chi connectivity index (χ1v) is 5.37. The number of nitrogens with zero attached hydrogens (tertiary/aromatic N) is 2. The lowest BCUT2D eigenvalue weighted by Crippen LogP contribution is -2.35. The summed E-state index contributed by atoms with van der Waals surface area (Å²) in [6.07, 6.45) is 2.46. The molecular formula is C12H19N3O. The van der Waals surface area contributed by atoms with Crippen molar-refractivity contribution in [2.24, 2.45) is 11.7 Å². The molecule has 1 aromatic rings. The lowest BCUT2D eigenvalue weighted by Gasteiger charge is -2.18. The summed E-state index contributed by atoms with van der Waals surface area (Å²) < 4.78 is 0. The van der Waals surface area contributed by atoms with Crippen molar-refractivity contribution in [2.75, 3.05) is 20.6 Å². The van der Waals surface area contributed by atoms with Gasteiger partial charge in [-0.25, -0.2) is 0 Å². The SMILES string of the molecule is Cc1ccc(CC(CN)C(=O)N(C)C)cn1. The third kappa shape index (κ3) is 3.31. The summed E-state index contributed by atoms with van der Waals surface area (Å²) in [7, 11) is 3.50. The number of hydrogen-bond acceptors (Lipinski definition) is 3. The molecule has 0 fully saturated rings. The molecule has 0 saturated heterocycles. The van der Waals surface area contributed by atoms with Crippen molar-refractivity contribution in [1.29, 1.82) is 0 Å². The molecule has 1 heterocycles. The first kappa shape index (κ1) is 12.6. The standard InChI is InChI=1S/C12H19N3O/c1-9-4-5-10(8-14-9)6-11(7-13)12(16)15(2)3/h4-5,8,11H,6-7,13H2,1-3H3. The second-order valence-electron chi connectivity index (χ2n) is 4.18. The van der Waals surface area contributed by atoms with Gasteiger partial charge in [0.25, 0.3) is 0 Å². The van der Waals surface area contributed by atoms with Gasteiger partial charge in [0.15, 0.2) is 0 Å². The average molecular weight is 221 g/mol. The van der Waals surface area contributed by atoms with Crippen LogP contribution in [0.1, 0.15) is 11.3 Å². The van der Waals surface area contributed by atoms with Crippen molar-refractivity contribution in [3.05, 3.63) is 29.6 Å². The fourth-order valence-corrected chi connectivity index (χ4v) is 1.54. The predicted molar refractivity (Wildman–Crippen MR) is 63.9 cm³/mol. The topological polar surface area (TPSA) is 59.2 Å².